The maximum atomic E-state index is 14.3. The highest BCUT2D eigenvalue weighted by molar-refractivity contribution is 7.17. The lowest BCUT2D eigenvalue weighted by Crippen LogP contribution is -2.29. The Morgan fingerprint density at radius 3 is 2.71 bits per heavy atom. The van der Waals surface area contributed by atoms with Gasteiger partial charge in [0, 0.05) is 16.3 Å². The highest BCUT2D eigenvalue weighted by Crippen LogP contribution is 2.34. The quantitative estimate of drug-likeness (QED) is 0.572. The van der Waals surface area contributed by atoms with E-state index in [-0.39, 0.29) is 5.82 Å². The zero-order valence-corrected chi connectivity index (χ0v) is 12.3. The van der Waals surface area contributed by atoms with Crippen molar-refractivity contribution in [1.82, 2.24) is 5.43 Å². The van der Waals surface area contributed by atoms with E-state index in [2.05, 4.69) is 5.43 Å². The minimum atomic E-state index is -0.396. The van der Waals surface area contributed by atoms with Crippen molar-refractivity contribution in [2.45, 2.75) is 6.04 Å². The van der Waals surface area contributed by atoms with E-state index in [1.54, 1.807) is 23.5 Å². The van der Waals surface area contributed by atoms with Gasteiger partial charge in [-0.3, -0.25) is 5.84 Å². The van der Waals surface area contributed by atoms with Crippen molar-refractivity contribution >= 4 is 21.4 Å². The largest absolute Gasteiger partial charge is 0.497 e. The lowest BCUT2D eigenvalue weighted by atomic mass is 9.98. The number of methoxy groups -OCH3 is 1. The first-order chi connectivity index (χ1) is 10.2. The van der Waals surface area contributed by atoms with Crippen molar-refractivity contribution in [3.8, 4) is 5.75 Å². The van der Waals surface area contributed by atoms with E-state index >= 15 is 0 Å². The van der Waals surface area contributed by atoms with Crippen LogP contribution in [0.2, 0.25) is 0 Å². The summed E-state index contributed by atoms with van der Waals surface area (Å²) in [4.78, 5) is 0. The standard InChI is InChI=1S/C16H15FN2OS/c1-20-10-6-7-12(14(17)8-10)16(19-18)13-9-21-15-5-3-2-4-11(13)15/h2-9,16,19H,18H2,1H3. The Balaban J connectivity index is 2.10. The molecule has 5 heteroatoms. The molecular weight excluding hydrogens is 287 g/mol. The molecule has 1 aromatic heterocycles. The highest BCUT2D eigenvalue weighted by Gasteiger charge is 2.20. The van der Waals surface area contributed by atoms with E-state index in [1.165, 1.54) is 13.2 Å². The van der Waals surface area contributed by atoms with Crippen LogP contribution in [0.15, 0.2) is 47.8 Å². The second kappa shape index (κ2) is 5.81. The molecule has 0 amide bonds. The van der Waals surface area contributed by atoms with Crippen LogP contribution in [-0.2, 0) is 0 Å². The molecule has 1 heterocycles. The first-order valence-corrected chi connectivity index (χ1v) is 7.38. The zero-order valence-electron chi connectivity index (χ0n) is 11.5. The SMILES string of the molecule is COc1ccc(C(NN)c2csc3ccccc23)c(F)c1. The van der Waals surface area contributed by atoms with Gasteiger partial charge in [0.05, 0.1) is 13.2 Å². The lowest BCUT2D eigenvalue weighted by Gasteiger charge is -2.17. The molecule has 0 radical (unpaired) electrons. The molecule has 1 atom stereocenters. The molecule has 1 unspecified atom stereocenters. The molecule has 0 aliphatic heterocycles. The van der Waals surface area contributed by atoms with Crippen LogP contribution in [0.3, 0.4) is 0 Å². The van der Waals surface area contributed by atoms with Gasteiger partial charge in [-0.25, -0.2) is 9.82 Å². The number of hydrogen-bond donors (Lipinski definition) is 2. The highest BCUT2D eigenvalue weighted by atomic mass is 32.1. The van der Waals surface area contributed by atoms with E-state index < -0.39 is 6.04 Å². The van der Waals surface area contributed by atoms with Gasteiger partial charge < -0.3 is 4.74 Å². The van der Waals surface area contributed by atoms with Crippen LogP contribution in [0.5, 0.6) is 5.75 Å². The Labute approximate surface area is 126 Å². The topological polar surface area (TPSA) is 47.3 Å². The fourth-order valence-electron chi connectivity index (χ4n) is 2.44. The molecule has 2 aromatic carbocycles. The second-order valence-corrected chi connectivity index (χ2v) is 5.59. The number of thiophene rings is 1. The minimum Gasteiger partial charge on any atom is -0.497 e. The summed E-state index contributed by atoms with van der Waals surface area (Å²) in [6.45, 7) is 0. The molecule has 3 aromatic rings. The summed E-state index contributed by atoms with van der Waals surface area (Å²) < 4.78 is 20.5. The third-order valence-electron chi connectivity index (χ3n) is 3.51. The van der Waals surface area contributed by atoms with E-state index in [1.807, 2.05) is 29.6 Å². The van der Waals surface area contributed by atoms with E-state index in [4.69, 9.17) is 10.6 Å². The number of benzene rings is 2. The number of nitrogens with two attached hydrogens (primary N) is 1. The molecule has 0 bridgehead atoms. The van der Waals surface area contributed by atoms with Crippen LogP contribution in [0.4, 0.5) is 4.39 Å². The van der Waals surface area contributed by atoms with Crippen molar-refractivity contribution in [2.24, 2.45) is 5.84 Å². The van der Waals surface area contributed by atoms with Crippen LogP contribution in [0, 0.1) is 5.82 Å². The van der Waals surface area contributed by atoms with Gasteiger partial charge >= 0.3 is 0 Å². The molecule has 108 valence electrons. The van der Waals surface area contributed by atoms with Crippen LogP contribution in [0.25, 0.3) is 10.1 Å². The Bertz CT molecular complexity index is 772. The molecule has 0 saturated heterocycles. The zero-order chi connectivity index (χ0) is 14.8. The van der Waals surface area contributed by atoms with Gasteiger partial charge in [-0.1, -0.05) is 24.3 Å². The maximum Gasteiger partial charge on any atom is 0.132 e. The molecule has 3 rings (SSSR count). The molecule has 3 N–H and O–H groups in total. The van der Waals surface area contributed by atoms with Gasteiger partial charge in [0.25, 0.3) is 0 Å². The van der Waals surface area contributed by atoms with Crippen molar-refractivity contribution in [3.05, 3.63) is 64.8 Å². The van der Waals surface area contributed by atoms with Crippen LogP contribution >= 0.6 is 11.3 Å². The first kappa shape index (κ1) is 14.0. The fourth-order valence-corrected chi connectivity index (χ4v) is 3.42. The number of rotatable bonds is 4. The van der Waals surface area contributed by atoms with Crippen LogP contribution < -0.4 is 16.0 Å². The number of nitrogens with one attached hydrogen (secondary N) is 1. The van der Waals surface area contributed by atoms with Gasteiger partial charge in [0.15, 0.2) is 0 Å². The smallest absolute Gasteiger partial charge is 0.132 e. The van der Waals surface area contributed by atoms with Crippen molar-refractivity contribution in [3.63, 3.8) is 0 Å². The normalized spacial score (nSPS) is 12.5. The molecule has 21 heavy (non-hydrogen) atoms. The van der Waals surface area contributed by atoms with Gasteiger partial charge in [0.1, 0.15) is 11.6 Å². The molecule has 0 saturated carbocycles. The molecular formula is C16H15FN2OS. The summed E-state index contributed by atoms with van der Waals surface area (Å²) in [6.07, 6.45) is 0. The van der Waals surface area contributed by atoms with Crippen molar-refractivity contribution < 1.29 is 9.13 Å². The molecule has 0 spiro atoms. The average molecular weight is 302 g/mol. The molecule has 0 aliphatic rings. The third kappa shape index (κ3) is 2.51. The number of ether oxygens (including phenoxy) is 1. The fraction of sp³-hybridized carbons (Fsp3) is 0.125. The van der Waals surface area contributed by atoms with Crippen molar-refractivity contribution in [2.75, 3.05) is 7.11 Å². The van der Waals surface area contributed by atoms with Crippen LogP contribution in [0.1, 0.15) is 17.2 Å². The number of fused-ring (bicyclic) bond motifs is 1. The summed E-state index contributed by atoms with van der Waals surface area (Å²) >= 11 is 1.62. The predicted molar refractivity (Wildman–Crippen MR) is 83.9 cm³/mol. The second-order valence-electron chi connectivity index (χ2n) is 4.67. The van der Waals surface area contributed by atoms with Gasteiger partial charge in [-0.2, -0.15) is 0 Å². The average Bonchev–Trinajstić information content (AvgIpc) is 2.94. The summed E-state index contributed by atoms with van der Waals surface area (Å²) in [6, 6.07) is 12.4. The van der Waals surface area contributed by atoms with Gasteiger partial charge in [-0.05, 0) is 28.5 Å². The van der Waals surface area contributed by atoms with Crippen molar-refractivity contribution in [1.29, 1.82) is 0 Å². The lowest BCUT2D eigenvalue weighted by molar-refractivity contribution is 0.410. The number of hydrogen-bond acceptors (Lipinski definition) is 4. The van der Waals surface area contributed by atoms with E-state index in [0.29, 0.717) is 11.3 Å². The minimum absolute atomic E-state index is 0.340. The Morgan fingerprint density at radius 1 is 1.19 bits per heavy atom. The molecule has 0 fully saturated rings. The Kier molecular flexibility index (Phi) is 3.88. The maximum absolute atomic E-state index is 14.3. The summed E-state index contributed by atoms with van der Waals surface area (Å²) in [5.41, 5.74) is 4.19. The Hall–Kier alpha value is -1.95. The van der Waals surface area contributed by atoms with Gasteiger partial charge in [-0.15, -0.1) is 11.3 Å². The summed E-state index contributed by atoms with van der Waals surface area (Å²) in [5, 5.41) is 3.10. The van der Waals surface area contributed by atoms with E-state index in [0.717, 1.165) is 15.6 Å². The van der Waals surface area contributed by atoms with Gasteiger partial charge in [0.2, 0.25) is 0 Å². The van der Waals surface area contributed by atoms with E-state index in [9.17, 15) is 4.39 Å². The molecule has 3 nitrogen and oxygen atoms in total. The number of hydrazine groups is 1. The Morgan fingerprint density at radius 2 is 2.00 bits per heavy atom. The number of halogens is 1. The van der Waals surface area contributed by atoms with Crippen LogP contribution in [-0.4, -0.2) is 7.11 Å². The molecule has 0 aliphatic carbocycles. The summed E-state index contributed by atoms with van der Waals surface area (Å²) in [5.74, 6) is 5.83. The first-order valence-electron chi connectivity index (χ1n) is 6.50. The predicted octanol–water partition coefficient (Wildman–Crippen LogP) is 3.60. The monoisotopic (exact) mass is 302 g/mol. The summed E-state index contributed by atoms with van der Waals surface area (Å²) in [7, 11) is 1.51. The third-order valence-corrected chi connectivity index (χ3v) is 4.49.